The molecule has 0 atom stereocenters. The van der Waals surface area contributed by atoms with Gasteiger partial charge in [0.05, 0.1) is 5.75 Å². The highest BCUT2D eigenvalue weighted by Gasteiger charge is 2.10. The van der Waals surface area contributed by atoms with E-state index < -0.39 is 15.9 Å². The molecule has 0 spiro atoms. The van der Waals surface area contributed by atoms with Gasteiger partial charge < -0.3 is 10.4 Å². The predicted octanol–water partition coefficient (Wildman–Crippen LogP) is -0.281. The Morgan fingerprint density at radius 1 is 1.47 bits per heavy atom. The molecular weight excluding hydrogens is 244 g/mol. The van der Waals surface area contributed by atoms with Gasteiger partial charge in [-0.15, -0.1) is 0 Å². The van der Waals surface area contributed by atoms with Crippen molar-refractivity contribution in [1.82, 2.24) is 5.32 Å². The maximum atomic E-state index is 11.6. The van der Waals surface area contributed by atoms with E-state index in [1.807, 2.05) is 0 Å². The van der Waals surface area contributed by atoms with Crippen LogP contribution in [0.15, 0.2) is 18.2 Å². The maximum Gasteiger partial charge on any atom is 0.251 e. The number of hydrogen-bond donors (Lipinski definition) is 3. The molecule has 0 bridgehead atoms. The highest BCUT2D eigenvalue weighted by atomic mass is 32.2. The Kier molecular flexibility index (Phi) is 4.08. The number of amides is 1. The summed E-state index contributed by atoms with van der Waals surface area (Å²) in [5.41, 5.74) is 0.996. The highest BCUT2D eigenvalue weighted by molar-refractivity contribution is 7.89. The van der Waals surface area contributed by atoms with Gasteiger partial charge in [-0.05, 0) is 30.7 Å². The molecule has 0 radical (unpaired) electrons. The average Bonchev–Trinajstić information content (AvgIpc) is 2.15. The summed E-state index contributed by atoms with van der Waals surface area (Å²) < 4.78 is 21.3. The molecule has 0 unspecified atom stereocenters. The Morgan fingerprint density at radius 2 is 2.12 bits per heavy atom. The lowest BCUT2D eigenvalue weighted by Gasteiger charge is -2.07. The second-order valence-corrected chi connectivity index (χ2v) is 5.36. The van der Waals surface area contributed by atoms with E-state index >= 15 is 0 Å². The summed E-state index contributed by atoms with van der Waals surface area (Å²) in [5, 5.41) is 16.4. The minimum Gasteiger partial charge on any atom is -0.508 e. The Bertz CT molecular complexity index is 525. The van der Waals surface area contributed by atoms with Crippen LogP contribution in [0.5, 0.6) is 5.75 Å². The zero-order valence-electron chi connectivity index (χ0n) is 9.30. The van der Waals surface area contributed by atoms with Crippen LogP contribution in [-0.4, -0.2) is 31.7 Å². The smallest absolute Gasteiger partial charge is 0.251 e. The van der Waals surface area contributed by atoms with Crippen LogP contribution in [0, 0.1) is 6.92 Å². The van der Waals surface area contributed by atoms with Gasteiger partial charge >= 0.3 is 0 Å². The molecule has 0 saturated carbocycles. The van der Waals surface area contributed by atoms with E-state index in [9.17, 15) is 18.3 Å². The van der Waals surface area contributed by atoms with E-state index in [0.29, 0.717) is 11.1 Å². The molecule has 0 aliphatic carbocycles. The van der Waals surface area contributed by atoms with Crippen molar-refractivity contribution >= 4 is 15.9 Å². The van der Waals surface area contributed by atoms with Crippen molar-refractivity contribution in [2.75, 3.05) is 12.3 Å². The number of phenols is 1. The number of rotatable bonds is 4. The molecule has 0 saturated heterocycles. The quantitative estimate of drug-likeness (QED) is 0.689. The fourth-order valence-electron chi connectivity index (χ4n) is 1.30. The van der Waals surface area contributed by atoms with E-state index in [2.05, 4.69) is 5.32 Å². The van der Waals surface area contributed by atoms with Gasteiger partial charge in [0, 0.05) is 12.1 Å². The Morgan fingerprint density at radius 3 is 2.65 bits per heavy atom. The molecule has 0 aliphatic heterocycles. The number of carbonyl (C=O) groups excluding carboxylic acids is 1. The van der Waals surface area contributed by atoms with Crippen molar-refractivity contribution in [3.05, 3.63) is 29.3 Å². The van der Waals surface area contributed by atoms with Crippen LogP contribution >= 0.6 is 0 Å². The van der Waals surface area contributed by atoms with Gasteiger partial charge in [0.2, 0.25) is 10.0 Å². The molecule has 4 N–H and O–H groups in total. The first-order valence-electron chi connectivity index (χ1n) is 4.88. The average molecular weight is 258 g/mol. The molecule has 0 heterocycles. The van der Waals surface area contributed by atoms with Crippen LogP contribution in [0.4, 0.5) is 0 Å². The molecule has 1 amide bonds. The number of aryl methyl sites for hydroxylation is 1. The Balaban J connectivity index is 2.65. The number of carbonyl (C=O) groups is 1. The molecule has 1 aromatic carbocycles. The monoisotopic (exact) mass is 258 g/mol. The number of sulfonamides is 1. The molecule has 0 aliphatic rings. The molecule has 0 aromatic heterocycles. The van der Waals surface area contributed by atoms with Gasteiger partial charge in [0.1, 0.15) is 5.75 Å². The first-order valence-corrected chi connectivity index (χ1v) is 6.59. The van der Waals surface area contributed by atoms with E-state index in [1.54, 1.807) is 6.92 Å². The molecule has 7 heteroatoms. The van der Waals surface area contributed by atoms with E-state index in [4.69, 9.17) is 5.14 Å². The summed E-state index contributed by atoms with van der Waals surface area (Å²) >= 11 is 0. The topological polar surface area (TPSA) is 109 Å². The third-order valence-electron chi connectivity index (χ3n) is 2.13. The molecule has 6 nitrogen and oxygen atoms in total. The Hall–Kier alpha value is -1.60. The number of nitrogens with two attached hydrogens (primary N) is 1. The van der Waals surface area contributed by atoms with E-state index in [0.717, 1.165) is 0 Å². The van der Waals surface area contributed by atoms with Crippen molar-refractivity contribution < 1.29 is 18.3 Å². The van der Waals surface area contributed by atoms with Crippen molar-refractivity contribution in [2.24, 2.45) is 5.14 Å². The van der Waals surface area contributed by atoms with Gasteiger partial charge in [-0.3, -0.25) is 4.79 Å². The minimum absolute atomic E-state index is 0.0437. The SMILES string of the molecule is Cc1cc(O)ccc1C(=O)NCCS(N)(=O)=O. The third kappa shape index (κ3) is 4.41. The molecule has 0 fully saturated rings. The van der Waals surface area contributed by atoms with Gasteiger partial charge in [-0.2, -0.15) is 0 Å². The fraction of sp³-hybridized carbons (Fsp3) is 0.300. The van der Waals surface area contributed by atoms with Crippen molar-refractivity contribution in [3.63, 3.8) is 0 Å². The van der Waals surface area contributed by atoms with Crippen molar-refractivity contribution in [3.8, 4) is 5.75 Å². The molecule has 1 rings (SSSR count). The number of phenolic OH excluding ortho intramolecular Hbond substituents is 1. The third-order valence-corrected chi connectivity index (χ3v) is 2.90. The predicted molar refractivity (Wildman–Crippen MR) is 63.2 cm³/mol. The number of nitrogens with one attached hydrogen (secondary N) is 1. The highest BCUT2D eigenvalue weighted by Crippen LogP contribution is 2.15. The minimum atomic E-state index is -3.57. The molecule has 94 valence electrons. The van der Waals surface area contributed by atoms with Gasteiger partial charge in [0.25, 0.3) is 5.91 Å². The molecular formula is C10H14N2O4S. The van der Waals surface area contributed by atoms with Crippen LogP contribution in [0.3, 0.4) is 0 Å². The summed E-state index contributed by atoms with van der Waals surface area (Å²) in [6.07, 6.45) is 0. The van der Waals surface area contributed by atoms with Crippen LogP contribution in [0.25, 0.3) is 0 Å². The van der Waals surface area contributed by atoms with Crippen molar-refractivity contribution in [1.29, 1.82) is 0 Å². The maximum absolute atomic E-state index is 11.6. The zero-order valence-corrected chi connectivity index (χ0v) is 10.1. The summed E-state index contributed by atoms with van der Waals surface area (Å²) in [5.74, 6) is -0.634. The van der Waals surface area contributed by atoms with Crippen LogP contribution in [0.1, 0.15) is 15.9 Å². The standard InChI is InChI=1S/C10H14N2O4S/c1-7-6-8(13)2-3-9(7)10(14)12-4-5-17(11,15)16/h2-3,6,13H,4-5H2,1H3,(H,12,14)(H2,11,15,16). The summed E-state index contributed by atoms with van der Waals surface area (Å²) in [4.78, 5) is 11.6. The van der Waals surface area contributed by atoms with Crippen LogP contribution in [0.2, 0.25) is 0 Å². The molecule has 1 aromatic rings. The second kappa shape index (κ2) is 5.15. The van der Waals surface area contributed by atoms with Gasteiger partial charge in [-0.1, -0.05) is 0 Å². The summed E-state index contributed by atoms with van der Waals surface area (Å²) in [7, 11) is -3.57. The number of hydrogen-bond acceptors (Lipinski definition) is 4. The van der Waals surface area contributed by atoms with Crippen LogP contribution in [-0.2, 0) is 10.0 Å². The normalized spacial score (nSPS) is 11.2. The summed E-state index contributed by atoms with van der Waals surface area (Å²) in [6, 6.07) is 4.31. The molecule has 17 heavy (non-hydrogen) atoms. The number of benzene rings is 1. The lowest BCUT2D eigenvalue weighted by atomic mass is 10.1. The first-order chi connectivity index (χ1) is 7.79. The van der Waals surface area contributed by atoms with Crippen LogP contribution < -0.4 is 10.5 Å². The fourth-order valence-corrected chi connectivity index (χ4v) is 1.69. The number of primary sulfonamides is 1. The van der Waals surface area contributed by atoms with E-state index in [-0.39, 0.29) is 18.0 Å². The lowest BCUT2D eigenvalue weighted by molar-refractivity contribution is 0.0955. The zero-order chi connectivity index (χ0) is 13.1. The lowest BCUT2D eigenvalue weighted by Crippen LogP contribution is -2.31. The number of aromatic hydroxyl groups is 1. The summed E-state index contributed by atoms with van der Waals surface area (Å²) in [6.45, 7) is 1.63. The first kappa shape index (κ1) is 13.5. The van der Waals surface area contributed by atoms with Crippen molar-refractivity contribution in [2.45, 2.75) is 6.92 Å². The Labute approximate surface area is 99.5 Å². The van der Waals surface area contributed by atoms with Gasteiger partial charge in [0.15, 0.2) is 0 Å². The second-order valence-electron chi connectivity index (χ2n) is 3.62. The van der Waals surface area contributed by atoms with Gasteiger partial charge in [-0.25, -0.2) is 13.6 Å². The van der Waals surface area contributed by atoms with E-state index in [1.165, 1.54) is 18.2 Å². The largest absolute Gasteiger partial charge is 0.508 e.